The molecule has 17 heavy (non-hydrogen) atoms. The van der Waals surface area contributed by atoms with Crippen LogP contribution in [0.3, 0.4) is 0 Å². The van der Waals surface area contributed by atoms with Crippen molar-refractivity contribution in [2.45, 2.75) is 39.4 Å². The number of halogens is 1. The van der Waals surface area contributed by atoms with Gasteiger partial charge in [0.2, 0.25) is 0 Å². The monoisotopic (exact) mass is 296 g/mol. The van der Waals surface area contributed by atoms with Gasteiger partial charge in [0.25, 0.3) is 0 Å². The molecule has 1 aliphatic rings. The van der Waals surface area contributed by atoms with Crippen molar-refractivity contribution in [3.8, 4) is 0 Å². The van der Waals surface area contributed by atoms with E-state index in [2.05, 4.69) is 15.9 Å². The van der Waals surface area contributed by atoms with E-state index in [0.29, 0.717) is 18.8 Å². The molecule has 3 heteroatoms. The minimum absolute atomic E-state index is 0.0824. The van der Waals surface area contributed by atoms with Crippen molar-refractivity contribution < 1.29 is 9.53 Å². The fraction of sp³-hybridized carbons (Fsp3) is 0.500. The van der Waals surface area contributed by atoms with Crippen LogP contribution in [0.2, 0.25) is 0 Å². The molecule has 1 aromatic carbocycles. The van der Waals surface area contributed by atoms with Gasteiger partial charge in [-0.25, -0.2) is 0 Å². The Morgan fingerprint density at radius 2 is 2.29 bits per heavy atom. The number of hydrogen-bond donors (Lipinski definition) is 0. The number of benzene rings is 1. The largest absolute Gasteiger partial charge is 0.372 e. The van der Waals surface area contributed by atoms with Gasteiger partial charge < -0.3 is 4.74 Å². The summed E-state index contributed by atoms with van der Waals surface area (Å²) in [4.78, 5) is 11.6. The van der Waals surface area contributed by atoms with Crippen LogP contribution in [0, 0.1) is 5.41 Å². The Bertz CT molecular complexity index is 430. The molecule has 0 saturated heterocycles. The van der Waals surface area contributed by atoms with E-state index in [1.165, 1.54) is 0 Å². The van der Waals surface area contributed by atoms with Gasteiger partial charge in [0.15, 0.2) is 0 Å². The molecule has 0 amide bonds. The molecule has 1 aromatic rings. The van der Waals surface area contributed by atoms with E-state index in [1.807, 2.05) is 38.1 Å². The minimum atomic E-state index is -0.258. The topological polar surface area (TPSA) is 26.3 Å². The molecule has 0 spiro atoms. The Morgan fingerprint density at radius 1 is 1.53 bits per heavy atom. The fourth-order valence-electron chi connectivity index (χ4n) is 2.17. The molecular formula is C14H17BrO2. The third kappa shape index (κ3) is 2.45. The van der Waals surface area contributed by atoms with E-state index in [0.717, 1.165) is 16.5 Å². The lowest BCUT2D eigenvalue weighted by Crippen LogP contribution is -2.52. The Kier molecular flexibility index (Phi) is 3.69. The molecule has 92 valence electrons. The number of Topliss-reactive ketones (excluding diaryl/α,β-unsaturated/α-hetero) is 1. The Balaban J connectivity index is 1.94. The highest BCUT2D eigenvalue weighted by molar-refractivity contribution is 9.10. The average molecular weight is 297 g/mol. The van der Waals surface area contributed by atoms with Gasteiger partial charge in [-0.2, -0.15) is 0 Å². The van der Waals surface area contributed by atoms with Crippen LogP contribution in [0.15, 0.2) is 28.7 Å². The summed E-state index contributed by atoms with van der Waals surface area (Å²) in [6, 6.07) is 8.07. The summed E-state index contributed by atoms with van der Waals surface area (Å²) in [6.45, 7) is 4.63. The van der Waals surface area contributed by atoms with Crippen LogP contribution < -0.4 is 0 Å². The van der Waals surface area contributed by atoms with E-state index in [-0.39, 0.29) is 11.5 Å². The van der Waals surface area contributed by atoms with E-state index < -0.39 is 0 Å². The second-order valence-corrected chi connectivity index (χ2v) is 5.74. The van der Waals surface area contributed by atoms with Crippen LogP contribution >= 0.6 is 15.9 Å². The van der Waals surface area contributed by atoms with Gasteiger partial charge in [0.1, 0.15) is 5.78 Å². The molecule has 0 aliphatic heterocycles. The first-order valence-electron chi connectivity index (χ1n) is 5.95. The molecule has 2 nitrogen and oxygen atoms in total. The molecule has 1 saturated carbocycles. The molecule has 1 aliphatic carbocycles. The lowest BCUT2D eigenvalue weighted by Gasteiger charge is -2.44. The molecule has 2 unspecified atom stereocenters. The normalized spacial score (nSPS) is 27.9. The molecule has 0 heterocycles. The van der Waals surface area contributed by atoms with Gasteiger partial charge >= 0.3 is 0 Å². The third-order valence-corrected chi connectivity index (χ3v) is 4.29. The van der Waals surface area contributed by atoms with Crippen LogP contribution in [0.4, 0.5) is 0 Å². The minimum Gasteiger partial charge on any atom is -0.372 e. The molecular weight excluding hydrogens is 280 g/mol. The predicted molar refractivity (Wildman–Crippen MR) is 70.7 cm³/mol. The Hall–Kier alpha value is -0.670. The zero-order valence-electron chi connectivity index (χ0n) is 10.2. The zero-order valence-corrected chi connectivity index (χ0v) is 11.8. The maximum absolute atomic E-state index is 11.6. The first-order chi connectivity index (χ1) is 8.06. The highest BCUT2D eigenvalue weighted by atomic mass is 79.9. The summed E-state index contributed by atoms with van der Waals surface area (Å²) in [5, 5.41) is 0. The highest BCUT2D eigenvalue weighted by Crippen LogP contribution is 2.42. The van der Waals surface area contributed by atoms with Crippen molar-refractivity contribution in [2.75, 3.05) is 0 Å². The molecule has 0 aromatic heterocycles. The van der Waals surface area contributed by atoms with Crippen molar-refractivity contribution in [1.29, 1.82) is 0 Å². The summed E-state index contributed by atoms with van der Waals surface area (Å²) >= 11 is 3.44. The average Bonchev–Trinajstić information content (AvgIpc) is 2.33. The lowest BCUT2D eigenvalue weighted by molar-refractivity contribution is -0.163. The first-order valence-corrected chi connectivity index (χ1v) is 6.75. The SMILES string of the molecule is CCC1(C)C(=O)CC1OCc1cccc(Br)c1. The molecule has 0 bridgehead atoms. The molecule has 1 fully saturated rings. The Labute approximate surface area is 110 Å². The molecule has 0 radical (unpaired) electrons. The van der Waals surface area contributed by atoms with E-state index >= 15 is 0 Å². The van der Waals surface area contributed by atoms with E-state index in [1.54, 1.807) is 0 Å². The molecule has 0 N–H and O–H groups in total. The van der Waals surface area contributed by atoms with Gasteiger partial charge in [-0.3, -0.25) is 4.79 Å². The summed E-state index contributed by atoms with van der Waals surface area (Å²) < 4.78 is 6.91. The van der Waals surface area contributed by atoms with Gasteiger partial charge in [-0.1, -0.05) is 41.9 Å². The van der Waals surface area contributed by atoms with E-state index in [4.69, 9.17) is 4.74 Å². The predicted octanol–water partition coefficient (Wildman–Crippen LogP) is 3.72. The first kappa shape index (κ1) is 12.8. The third-order valence-electron chi connectivity index (χ3n) is 3.79. The van der Waals surface area contributed by atoms with Crippen molar-refractivity contribution >= 4 is 21.7 Å². The van der Waals surface area contributed by atoms with Crippen LogP contribution in [0.1, 0.15) is 32.3 Å². The maximum atomic E-state index is 11.6. The van der Waals surface area contributed by atoms with Crippen molar-refractivity contribution in [1.82, 2.24) is 0 Å². The second-order valence-electron chi connectivity index (χ2n) is 4.83. The number of carbonyl (C=O) groups excluding carboxylic acids is 1. The van der Waals surface area contributed by atoms with Crippen LogP contribution in [-0.4, -0.2) is 11.9 Å². The highest BCUT2D eigenvalue weighted by Gasteiger charge is 2.50. The number of ether oxygens (including phenoxy) is 1. The van der Waals surface area contributed by atoms with Gasteiger partial charge in [0.05, 0.1) is 18.1 Å². The van der Waals surface area contributed by atoms with Crippen molar-refractivity contribution in [3.63, 3.8) is 0 Å². The van der Waals surface area contributed by atoms with Crippen LogP contribution in [0.5, 0.6) is 0 Å². The summed E-state index contributed by atoms with van der Waals surface area (Å²) in [5.41, 5.74) is 0.878. The van der Waals surface area contributed by atoms with Crippen LogP contribution in [-0.2, 0) is 16.1 Å². The smallest absolute Gasteiger partial charge is 0.143 e. The Morgan fingerprint density at radius 3 is 2.88 bits per heavy atom. The van der Waals surface area contributed by atoms with Gasteiger partial charge in [0, 0.05) is 10.9 Å². The summed E-state index contributed by atoms with van der Waals surface area (Å²) in [6.07, 6.45) is 1.51. The second kappa shape index (κ2) is 4.91. The number of rotatable bonds is 4. The quantitative estimate of drug-likeness (QED) is 0.846. The van der Waals surface area contributed by atoms with Crippen molar-refractivity contribution in [3.05, 3.63) is 34.3 Å². The van der Waals surface area contributed by atoms with E-state index in [9.17, 15) is 4.79 Å². The standard InChI is InChI=1S/C14H17BrO2/c1-3-14(2)12(16)8-13(14)17-9-10-5-4-6-11(15)7-10/h4-7,13H,3,8-9H2,1-2H3. The fourth-order valence-corrected chi connectivity index (χ4v) is 2.61. The molecule has 2 atom stereocenters. The lowest BCUT2D eigenvalue weighted by atomic mass is 9.64. The maximum Gasteiger partial charge on any atom is 0.143 e. The van der Waals surface area contributed by atoms with Crippen LogP contribution in [0.25, 0.3) is 0 Å². The van der Waals surface area contributed by atoms with Gasteiger partial charge in [-0.15, -0.1) is 0 Å². The number of ketones is 1. The van der Waals surface area contributed by atoms with Crippen molar-refractivity contribution in [2.24, 2.45) is 5.41 Å². The number of hydrogen-bond acceptors (Lipinski definition) is 2. The number of carbonyl (C=O) groups is 1. The summed E-state index contributed by atoms with van der Waals surface area (Å²) in [5.74, 6) is 0.333. The summed E-state index contributed by atoms with van der Waals surface area (Å²) in [7, 11) is 0. The van der Waals surface area contributed by atoms with Gasteiger partial charge in [-0.05, 0) is 24.1 Å². The molecule has 2 rings (SSSR count). The zero-order chi connectivity index (χ0) is 12.5.